The molecule has 13 heavy (non-hydrogen) atoms. The molecule has 0 amide bonds. The van der Waals surface area contributed by atoms with Crippen LogP contribution in [0.4, 0.5) is 0 Å². The van der Waals surface area contributed by atoms with Crippen molar-refractivity contribution < 1.29 is 14.6 Å². The zero-order valence-electron chi connectivity index (χ0n) is 8.19. The Hall–Kier alpha value is -0.870. The molecule has 0 atom stereocenters. The molecule has 0 heterocycles. The maximum absolute atomic E-state index is 10.0. The van der Waals surface area contributed by atoms with E-state index in [1.165, 1.54) is 6.08 Å². The fraction of sp³-hybridized carbons (Fsp3) is 0.667. The van der Waals surface area contributed by atoms with Crippen LogP contribution in [0.1, 0.15) is 6.92 Å². The van der Waals surface area contributed by atoms with Gasteiger partial charge in [0.15, 0.2) is 12.0 Å². The number of ether oxygens (including phenoxy) is 1. The van der Waals surface area contributed by atoms with Gasteiger partial charge in [-0.2, -0.15) is 0 Å². The largest absolute Gasteiger partial charge is 0.505 e. The van der Waals surface area contributed by atoms with Crippen molar-refractivity contribution in [3.63, 3.8) is 0 Å². The highest BCUT2D eigenvalue weighted by atomic mass is 16.5. The lowest BCUT2D eigenvalue weighted by Crippen LogP contribution is -2.23. The van der Waals surface area contributed by atoms with Crippen LogP contribution in [0.15, 0.2) is 11.8 Å². The van der Waals surface area contributed by atoms with Crippen molar-refractivity contribution in [3.8, 4) is 0 Å². The minimum absolute atomic E-state index is 0.219. The van der Waals surface area contributed by atoms with Gasteiger partial charge in [-0.25, -0.2) is 0 Å². The van der Waals surface area contributed by atoms with Gasteiger partial charge in [0.05, 0.1) is 6.61 Å². The van der Waals surface area contributed by atoms with E-state index < -0.39 is 0 Å². The first-order valence-electron chi connectivity index (χ1n) is 4.31. The lowest BCUT2D eigenvalue weighted by Gasteiger charge is -2.13. The minimum atomic E-state index is -0.219. The average molecular weight is 187 g/mol. The summed E-state index contributed by atoms with van der Waals surface area (Å²) in [5.41, 5.74) is 0. The molecule has 0 fully saturated rings. The molecule has 0 aliphatic heterocycles. The molecule has 0 saturated heterocycles. The van der Waals surface area contributed by atoms with Crippen molar-refractivity contribution in [2.24, 2.45) is 0 Å². The van der Waals surface area contributed by atoms with Gasteiger partial charge < -0.3 is 14.7 Å². The average Bonchev–Trinajstić information content (AvgIpc) is 2.14. The van der Waals surface area contributed by atoms with Crippen LogP contribution in [0, 0.1) is 0 Å². The molecule has 0 bridgehead atoms. The summed E-state index contributed by atoms with van der Waals surface area (Å²) < 4.78 is 5.14. The monoisotopic (exact) mass is 187 g/mol. The van der Waals surface area contributed by atoms with E-state index in [-0.39, 0.29) is 5.76 Å². The Balaban J connectivity index is 3.50. The lowest BCUT2D eigenvalue weighted by molar-refractivity contribution is -0.107. The second kappa shape index (κ2) is 7.76. The van der Waals surface area contributed by atoms with Crippen LogP contribution in [-0.2, 0) is 9.53 Å². The molecule has 0 aromatic heterocycles. The highest BCUT2D eigenvalue weighted by molar-refractivity contribution is 5.69. The Bertz CT molecular complexity index is 168. The Labute approximate surface area is 78.8 Å². The second-order valence-corrected chi connectivity index (χ2v) is 2.71. The molecule has 0 aliphatic carbocycles. The smallest absolute Gasteiger partial charge is 0.184 e. The van der Waals surface area contributed by atoms with Gasteiger partial charge in [-0.05, 0) is 20.0 Å². The summed E-state index contributed by atoms with van der Waals surface area (Å²) in [6.07, 6.45) is 1.90. The van der Waals surface area contributed by atoms with Crippen LogP contribution in [0.25, 0.3) is 0 Å². The van der Waals surface area contributed by atoms with Crippen LogP contribution in [-0.4, -0.2) is 49.6 Å². The Morgan fingerprint density at radius 3 is 2.85 bits per heavy atom. The van der Waals surface area contributed by atoms with Crippen molar-refractivity contribution in [1.29, 1.82) is 0 Å². The fourth-order valence-electron chi connectivity index (χ4n) is 0.753. The molecule has 0 radical (unpaired) electrons. The SMILES string of the molecule is CCOCCN(C)C/C=C(\O)C=O. The molecule has 0 rings (SSSR count). The van der Waals surface area contributed by atoms with Gasteiger partial charge in [-0.1, -0.05) is 0 Å². The zero-order chi connectivity index (χ0) is 10.1. The maximum Gasteiger partial charge on any atom is 0.184 e. The predicted molar refractivity (Wildman–Crippen MR) is 50.8 cm³/mol. The fourth-order valence-corrected chi connectivity index (χ4v) is 0.753. The number of nitrogens with zero attached hydrogens (tertiary/aromatic N) is 1. The predicted octanol–water partition coefficient (Wildman–Crippen LogP) is 0.596. The Morgan fingerprint density at radius 2 is 2.31 bits per heavy atom. The van der Waals surface area contributed by atoms with Crippen molar-refractivity contribution >= 4 is 6.29 Å². The van der Waals surface area contributed by atoms with Crippen LogP contribution in [0.5, 0.6) is 0 Å². The van der Waals surface area contributed by atoms with E-state index in [2.05, 4.69) is 0 Å². The molecular weight excluding hydrogens is 170 g/mol. The number of aliphatic hydroxyl groups excluding tert-OH is 1. The van der Waals surface area contributed by atoms with E-state index in [1.54, 1.807) is 0 Å². The summed E-state index contributed by atoms with van der Waals surface area (Å²) in [6, 6.07) is 0. The summed E-state index contributed by atoms with van der Waals surface area (Å²) in [5, 5.41) is 8.81. The normalized spacial score (nSPS) is 12.1. The first-order chi connectivity index (χ1) is 6.20. The second-order valence-electron chi connectivity index (χ2n) is 2.71. The standard InChI is InChI=1S/C9H17NO3/c1-3-13-7-6-10(2)5-4-9(12)8-11/h4,8,12H,3,5-7H2,1-2H3/b9-4-. The summed E-state index contributed by atoms with van der Waals surface area (Å²) >= 11 is 0. The maximum atomic E-state index is 10.0. The zero-order valence-corrected chi connectivity index (χ0v) is 8.19. The molecule has 76 valence electrons. The van der Waals surface area contributed by atoms with Crippen molar-refractivity contribution in [2.45, 2.75) is 6.92 Å². The number of aliphatic hydroxyl groups is 1. The third-order valence-electron chi connectivity index (χ3n) is 1.55. The first-order valence-corrected chi connectivity index (χ1v) is 4.31. The quantitative estimate of drug-likeness (QED) is 0.274. The molecule has 0 aliphatic rings. The number of carbonyl (C=O) groups is 1. The van der Waals surface area contributed by atoms with Gasteiger partial charge >= 0.3 is 0 Å². The minimum Gasteiger partial charge on any atom is -0.505 e. The van der Waals surface area contributed by atoms with Gasteiger partial charge in [0.2, 0.25) is 0 Å². The highest BCUT2D eigenvalue weighted by Gasteiger charge is 1.96. The molecule has 0 unspecified atom stereocenters. The number of hydrogen-bond acceptors (Lipinski definition) is 4. The molecule has 0 spiro atoms. The van der Waals surface area contributed by atoms with Gasteiger partial charge in [-0.15, -0.1) is 0 Å². The molecule has 1 N–H and O–H groups in total. The van der Waals surface area contributed by atoms with Gasteiger partial charge in [-0.3, -0.25) is 4.79 Å². The van der Waals surface area contributed by atoms with Crippen molar-refractivity contribution in [2.75, 3.05) is 33.4 Å². The molecule has 4 heteroatoms. The van der Waals surface area contributed by atoms with E-state index in [4.69, 9.17) is 9.84 Å². The third-order valence-corrected chi connectivity index (χ3v) is 1.55. The molecular formula is C9H17NO3. The van der Waals surface area contributed by atoms with E-state index >= 15 is 0 Å². The van der Waals surface area contributed by atoms with Crippen molar-refractivity contribution in [3.05, 3.63) is 11.8 Å². The number of allylic oxidation sites excluding steroid dienone is 1. The number of aldehydes is 1. The molecule has 4 nitrogen and oxygen atoms in total. The summed E-state index contributed by atoms with van der Waals surface area (Å²) in [6.45, 7) is 4.66. The summed E-state index contributed by atoms with van der Waals surface area (Å²) in [4.78, 5) is 12.0. The van der Waals surface area contributed by atoms with E-state index in [9.17, 15) is 4.79 Å². The topological polar surface area (TPSA) is 49.8 Å². The summed E-state index contributed by atoms with van der Waals surface area (Å²) in [5.74, 6) is -0.219. The third kappa shape index (κ3) is 7.49. The van der Waals surface area contributed by atoms with Gasteiger partial charge in [0.25, 0.3) is 0 Å². The highest BCUT2D eigenvalue weighted by Crippen LogP contribution is 1.87. The summed E-state index contributed by atoms with van der Waals surface area (Å²) in [7, 11) is 1.90. The Morgan fingerprint density at radius 1 is 1.62 bits per heavy atom. The molecule has 0 aromatic rings. The van der Waals surface area contributed by atoms with E-state index in [0.717, 1.165) is 6.54 Å². The van der Waals surface area contributed by atoms with Gasteiger partial charge in [0, 0.05) is 19.7 Å². The van der Waals surface area contributed by atoms with Crippen LogP contribution >= 0.6 is 0 Å². The van der Waals surface area contributed by atoms with E-state index in [0.29, 0.717) is 26.0 Å². The lowest BCUT2D eigenvalue weighted by atomic mass is 10.4. The van der Waals surface area contributed by atoms with Crippen LogP contribution < -0.4 is 0 Å². The van der Waals surface area contributed by atoms with Crippen molar-refractivity contribution in [1.82, 2.24) is 4.90 Å². The van der Waals surface area contributed by atoms with Gasteiger partial charge in [0.1, 0.15) is 0 Å². The van der Waals surface area contributed by atoms with E-state index in [1.807, 2.05) is 18.9 Å². The van der Waals surface area contributed by atoms with Crippen LogP contribution in [0.3, 0.4) is 0 Å². The van der Waals surface area contributed by atoms with Crippen LogP contribution in [0.2, 0.25) is 0 Å². The number of hydrogen-bond donors (Lipinski definition) is 1. The molecule has 0 saturated carbocycles. The number of rotatable bonds is 7. The Kier molecular flexibility index (Phi) is 7.24. The number of likely N-dealkylation sites (N-methyl/N-ethyl adjacent to an activating group) is 1. The molecule has 0 aromatic carbocycles. The first kappa shape index (κ1) is 12.1. The number of carbonyl (C=O) groups excluding carboxylic acids is 1.